The van der Waals surface area contributed by atoms with E-state index in [0.29, 0.717) is 6.42 Å². The Bertz CT molecular complexity index is 539. The van der Waals surface area contributed by atoms with Gasteiger partial charge in [-0.15, -0.1) is 0 Å². The Morgan fingerprint density at radius 1 is 1.47 bits per heavy atom. The van der Waals surface area contributed by atoms with Crippen molar-refractivity contribution in [2.75, 3.05) is 0 Å². The Morgan fingerprint density at radius 2 is 2.26 bits per heavy atom. The predicted octanol–water partition coefficient (Wildman–Crippen LogP) is 3.04. The third kappa shape index (κ3) is 2.94. The lowest BCUT2D eigenvalue weighted by molar-refractivity contribution is -0.136. The van der Waals surface area contributed by atoms with Gasteiger partial charge in [0, 0.05) is 17.9 Å². The highest BCUT2D eigenvalue weighted by molar-refractivity contribution is 5.67. The molecule has 0 radical (unpaired) electrons. The van der Waals surface area contributed by atoms with Gasteiger partial charge in [-0.25, -0.2) is 4.79 Å². The molecule has 0 aromatic heterocycles. The van der Waals surface area contributed by atoms with Crippen LogP contribution in [0, 0.1) is 6.92 Å². The molecule has 0 bridgehead atoms. The molecular formula is C16H18O3. The SMILES string of the molecule is Cc1c(CCC(=O)O)cccc1C1CCCC1=C=O. The zero-order valence-corrected chi connectivity index (χ0v) is 11.1. The average molecular weight is 258 g/mol. The summed E-state index contributed by atoms with van der Waals surface area (Å²) in [5.74, 6) is 1.49. The third-order valence-electron chi connectivity index (χ3n) is 3.96. The minimum Gasteiger partial charge on any atom is -0.481 e. The fourth-order valence-corrected chi connectivity index (χ4v) is 2.90. The van der Waals surface area contributed by atoms with E-state index in [2.05, 4.69) is 5.94 Å². The molecule has 3 nitrogen and oxygen atoms in total. The van der Waals surface area contributed by atoms with Gasteiger partial charge in [0.2, 0.25) is 0 Å². The van der Waals surface area contributed by atoms with Crippen LogP contribution in [0.2, 0.25) is 0 Å². The molecular weight excluding hydrogens is 240 g/mol. The van der Waals surface area contributed by atoms with Gasteiger partial charge in [-0.1, -0.05) is 18.2 Å². The van der Waals surface area contributed by atoms with Crippen molar-refractivity contribution in [3.8, 4) is 0 Å². The Balaban J connectivity index is 2.29. The first-order chi connectivity index (χ1) is 9.13. The first-order valence-corrected chi connectivity index (χ1v) is 6.67. The average Bonchev–Trinajstić information content (AvgIpc) is 2.85. The van der Waals surface area contributed by atoms with Crippen LogP contribution < -0.4 is 0 Å². The predicted molar refractivity (Wildman–Crippen MR) is 72.9 cm³/mol. The monoisotopic (exact) mass is 258 g/mol. The molecule has 1 aliphatic carbocycles. The minimum absolute atomic E-state index is 0.144. The zero-order chi connectivity index (χ0) is 13.8. The van der Waals surface area contributed by atoms with E-state index in [9.17, 15) is 9.59 Å². The van der Waals surface area contributed by atoms with Gasteiger partial charge in [-0.3, -0.25) is 4.79 Å². The summed E-state index contributed by atoms with van der Waals surface area (Å²) in [4.78, 5) is 21.6. The lowest BCUT2D eigenvalue weighted by Crippen LogP contribution is -2.04. The van der Waals surface area contributed by atoms with Crippen molar-refractivity contribution >= 4 is 11.9 Å². The highest BCUT2D eigenvalue weighted by Gasteiger charge is 2.25. The summed E-state index contributed by atoms with van der Waals surface area (Å²) in [5, 5.41) is 8.77. The van der Waals surface area contributed by atoms with Crippen molar-refractivity contribution in [3.63, 3.8) is 0 Å². The quantitative estimate of drug-likeness (QED) is 0.844. The van der Waals surface area contributed by atoms with Crippen molar-refractivity contribution in [2.45, 2.75) is 44.9 Å². The number of hydrogen-bond acceptors (Lipinski definition) is 2. The number of carboxylic acid groups (broad SMARTS) is 1. The Morgan fingerprint density at radius 3 is 2.95 bits per heavy atom. The molecule has 2 rings (SSSR count). The largest absolute Gasteiger partial charge is 0.481 e. The second-order valence-electron chi connectivity index (χ2n) is 5.10. The summed E-state index contributed by atoms with van der Waals surface area (Å²) >= 11 is 0. The number of aliphatic carboxylic acids is 1. The standard InChI is InChI=1S/C16H18O3/c1-11-12(8-9-16(18)19)4-2-6-14(11)15-7-3-5-13(15)10-17/h2,4,6,15H,3,5,7-9H2,1H3,(H,18,19). The number of carbonyl (C=O) groups excluding carboxylic acids is 1. The van der Waals surface area contributed by atoms with Crippen LogP contribution in [0.4, 0.5) is 0 Å². The van der Waals surface area contributed by atoms with E-state index in [4.69, 9.17) is 5.11 Å². The second kappa shape index (κ2) is 5.85. The summed E-state index contributed by atoms with van der Waals surface area (Å²) in [7, 11) is 0. The number of hydrogen-bond donors (Lipinski definition) is 1. The van der Waals surface area contributed by atoms with E-state index in [0.717, 1.165) is 36.0 Å². The normalized spacial score (nSPS) is 18.4. The maximum atomic E-state index is 11.0. The van der Waals surface area contributed by atoms with E-state index < -0.39 is 5.97 Å². The van der Waals surface area contributed by atoms with E-state index in [1.54, 1.807) is 0 Å². The van der Waals surface area contributed by atoms with Crippen molar-refractivity contribution in [1.82, 2.24) is 0 Å². The molecule has 0 amide bonds. The highest BCUT2D eigenvalue weighted by Crippen LogP contribution is 2.39. The molecule has 19 heavy (non-hydrogen) atoms. The van der Waals surface area contributed by atoms with Gasteiger partial charge in [0.15, 0.2) is 0 Å². The summed E-state index contributed by atoms with van der Waals surface area (Å²) in [6.45, 7) is 2.02. The van der Waals surface area contributed by atoms with Gasteiger partial charge >= 0.3 is 5.97 Å². The lowest BCUT2D eigenvalue weighted by Gasteiger charge is -2.16. The van der Waals surface area contributed by atoms with Crippen molar-refractivity contribution in [1.29, 1.82) is 0 Å². The summed E-state index contributed by atoms with van der Waals surface area (Å²) in [6, 6.07) is 5.98. The number of carboxylic acids is 1. The first-order valence-electron chi connectivity index (χ1n) is 6.67. The van der Waals surface area contributed by atoms with Gasteiger partial charge in [-0.05, 0) is 49.3 Å². The molecule has 3 heteroatoms. The summed E-state index contributed by atoms with van der Waals surface area (Å²) in [6.07, 6.45) is 3.56. The molecule has 0 aliphatic heterocycles. The van der Waals surface area contributed by atoms with Crippen LogP contribution >= 0.6 is 0 Å². The molecule has 1 unspecified atom stereocenters. The van der Waals surface area contributed by atoms with E-state index in [1.807, 2.05) is 25.1 Å². The van der Waals surface area contributed by atoms with Crippen LogP contribution in [-0.2, 0) is 16.0 Å². The van der Waals surface area contributed by atoms with E-state index >= 15 is 0 Å². The molecule has 1 N–H and O–H groups in total. The van der Waals surface area contributed by atoms with Crippen molar-refractivity contribution < 1.29 is 14.7 Å². The second-order valence-corrected chi connectivity index (χ2v) is 5.10. The maximum absolute atomic E-state index is 11.0. The van der Waals surface area contributed by atoms with Gasteiger partial charge in [0.1, 0.15) is 5.94 Å². The minimum atomic E-state index is -0.779. The number of benzene rings is 1. The van der Waals surface area contributed by atoms with Crippen LogP contribution in [-0.4, -0.2) is 17.0 Å². The molecule has 1 aromatic carbocycles. The topological polar surface area (TPSA) is 54.4 Å². The Hall–Kier alpha value is -1.86. The van der Waals surface area contributed by atoms with Crippen LogP contribution in [0.5, 0.6) is 0 Å². The molecule has 1 saturated carbocycles. The fraction of sp³-hybridized carbons (Fsp3) is 0.438. The van der Waals surface area contributed by atoms with Crippen LogP contribution in [0.15, 0.2) is 23.8 Å². The Labute approximate surface area is 113 Å². The Kier molecular flexibility index (Phi) is 4.18. The van der Waals surface area contributed by atoms with Crippen LogP contribution in [0.3, 0.4) is 0 Å². The molecule has 0 heterocycles. The number of carbonyl (C=O) groups is 1. The van der Waals surface area contributed by atoms with Gasteiger partial charge < -0.3 is 5.11 Å². The smallest absolute Gasteiger partial charge is 0.303 e. The summed E-state index contributed by atoms with van der Waals surface area (Å²) in [5.41, 5.74) is 4.22. The molecule has 1 fully saturated rings. The van der Waals surface area contributed by atoms with E-state index in [1.165, 1.54) is 5.56 Å². The zero-order valence-electron chi connectivity index (χ0n) is 11.1. The van der Waals surface area contributed by atoms with Gasteiger partial charge in [0.25, 0.3) is 0 Å². The van der Waals surface area contributed by atoms with Crippen molar-refractivity contribution in [2.24, 2.45) is 0 Å². The molecule has 0 spiro atoms. The third-order valence-corrected chi connectivity index (χ3v) is 3.96. The number of aryl methyl sites for hydroxylation is 1. The van der Waals surface area contributed by atoms with E-state index in [-0.39, 0.29) is 12.3 Å². The van der Waals surface area contributed by atoms with Crippen LogP contribution in [0.25, 0.3) is 0 Å². The maximum Gasteiger partial charge on any atom is 0.303 e. The number of allylic oxidation sites excluding steroid dienone is 1. The molecule has 1 aliphatic rings. The lowest BCUT2D eigenvalue weighted by atomic mass is 9.88. The molecule has 100 valence electrons. The first kappa shape index (κ1) is 13.6. The number of rotatable bonds is 4. The fourth-order valence-electron chi connectivity index (χ4n) is 2.90. The summed E-state index contributed by atoms with van der Waals surface area (Å²) < 4.78 is 0. The molecule has 1 aromatic rings. The van der Waals surface area contributed by atoms with Crippen molar-refractivity contribution in [3.05, 3.63) is 40.5 Å². The highest BCUT2D eigenvalue weighted by atomic mass is 16.4. The van der Waals surface area contributed by atoms with Crippen LogP contribution in [0.1, 0.15) is 48.3 Å². The van der Waals surface area contributed by atoms with Gasteiger partial charge in [0.05, 0.1) is 0 Å². The molecule has 0 saturated heterocycles. The van der Waals surface area contributed by atoms with Gasteiger partial charge in [-0.2, -0.15) is 0 Å². The molecule has 1 atom stereocenters.